The van der Waals surface area contributed by atoms with Crippen LogP contribution in [0.1, 0.15) is 153 Å². The maximum atomic E-state index is 13.1. The van der Waals surface area contributed by atoms with Crippen LogP contribution in [0.25, 0.3) is 0 Å². The van der Waals surface area contributed by atoms with Crippen LogP contribution in [0.15, 0.2) is 23.5 Å². The minimum atomic E-state index is -1.57. The van der Waals surface area contributed by atoms with Gasteiger partial charge in [-0.3, -0.25) is 4.79 Å². The summed E-state index contributed by atoms with van der Waals surface area (Å²) in [5, 5.41) is 46.2. The first kappa shape index (κ1) is 72.8. The zero-order valence-electron chi connectivity index (χ0n) is 58.2. The quantitative estimate of drug-likeness (QED) is 0.123. The number of Topliss-reactive ketones (excluding diaryl/α,β-unsaturated/α-hetero) is 1. The van der Waals surface area contributed by atoms with Crippen LogP contribution in [0, 0.1) is 28.6 Å². The molecular formula is C69H110O26. The smallest absolute Gasteiger partial charge is 0.288 e. The molecule has 95 heavy (non-hydrogen) atoms. The molecular weight excluding hydrogens is 1240 g/mol. The van der Waals surface area contributed by atoms with E-state index < -0.39 is 171 Å². The molecule has 8 heterocycles. The summed E-state index contributed by atoms with van der Waals surface area (Å²) < 4.78 is 132. The molecule has 0 aromatic heterocycles. The van der Waals surface area contributed by atoms with E-state index >= 15 is 0 Å². The molecule has 3 saturated carbocycles. The van der Waals surface area contributed by atoms with Crippen molar-refractivity contribution in [1.29, 1.82) is 0 Å². The number of methoxy groups -OCH3 is 5. The minimum absolute atomic E-state index is 0.0134. The molecule has 8 aliphatic heterocycles. The number of hydrogen-bond acceptors (Lipinski definition) is 26. The highest BCUT2D eigenvalue weighted by molar-refractivity contribution is 5.96. The number of ether oxygens (including phenoxy) is 21. The highest BCUT2D eigenvalue weighted by Crippen LogP contribution is 2.68. The van der Waals surface area contributed by atoms with Crippen molar-refractivity contribution in [2.24, 2.45) is 28.6 Å². The molecule has 12 rings (SSSR count). The Labute approximate surface area is 559 Å². The molecule has 1 unspecified atom stereocenters. The number of allylic oxidation sites excluding steroid dienone is 1. The first-order valence-corrected chi connectivity index (χ1v) is 35.1. The number of carbonyl (C=O) groups is 1. The van der Waals surface area contributed by atoms with Crippen LogP contribution in [-0.4, -0.2) is 252 Å². The summed E-state index contributed by atoms with van der Waals surface area (Å²) in [6.07, 6.45) is -6.89. The standard InChI is InChI=1S/C69H110O26/c1-32-24-46(75-11)56(72)64(82-32)89-41-18-21-66(9)40(25-41)16-17-42-43(66)19-22-67(10)44(42)20-23-68(67,74)39(8)88-52-29-49-62(37(6)86-52)95-69(81-31-80-49)30-50(78-14)61(38(7)94-69)91-51-26-45(70)58(34(3)83-51)90-53-27-47(76-12)59(35(4)84-53)92-54-28-48(77-13)60(36(5)85-54)93-65-57(73)63(79-15)55(71)33(2)87-65/h16,24,32-39,41-45,47-55,57-65,70-71,73-74H,17-23,25-31H2,1-15H3/t32-,33-,34-,35-,36-,37-,38-,39+,41+,42-,43+,44+,45-,47+,48+,49-,50-,51+,52+,53+,54+,55+,57-,58-,59-,60-,61-,62-,63+,64?,65+,66+,67+,68+,69-/m1/s1. The highest BCUT2D eigenvalue weighted by atomic mass is 16.9. The Kier molecular flexibility index (Phi) is 22.5. The lowest BCUT2D eigenvalue weighted by molar-refractivity contribution is -0.447. The van der Waals surface area contributed by atoms with Crippen LogP contribution in [0.5, 0.6) is 0 Å². The Hall–Kier alpha value is -2.01. The molecule has 1 spiro atoms. The zero-order valence-corrected chi connectivity index (χ0v) is 58.2. The van der Waals surface area contributed by atoms with Crippen molar-refractivity contribution in [3.8, 4) is 0 Å². The molecule has 0 aromatic rings. The van der Waals surface area contributed by atoms with E-state index in [0.29, 0.717) is 30.6 Å². The van der Waals surface area contributed by atoms with E-state index in [1.165, 1.54) is 19.8 Å². The average molecular weight is 1360 g/mol. The van der Waals surface area contributed by atoms with Gasteiger partial charge in [0.2, 0.25) is 6.29 Å². The summed E-state index contributed by atoms with van der Waals surface area (Å²) in [7, 11) is 7.68. The van der Waals surface area contributed by atoms with Gasteiger partial charge in [0.25, 0.3) is 11.8 Å². The van der Waals surface area contributed by atoms with Crippen LogP contribution >= 0.6 is 0 Å². The van der Waals surface area contributed by atoms with Crippen molar-refractivity contribution in [1.82, 2.24) is 0 Å². The van der Waals surface area contributed by atoms with E-state index in [-0.39, 0.29) is 67.1 Å². The summed E-state index contributed by atoms with van der Waals surface area (Å²) in [6, 6.07) is 0. The van der Waals surface area contributed by atoms with E-state index in [1.807, 2.05) is 48.5 Å². The van der Waals surface area contributed by atoms with Crippen molar-refractivity contribution < 1.29 is 125 Å². The Morgan fingerprint density at radius 1 is 0.600 bits per heavy atom. The summed E-state index contributed by atoms with van der Waals surface area (Å²) in [6.45, 7) is 19.5. The minimum Gasteiger partial charge on any atom is -0.493 e. The Balaban J connectivity index is 0.601. The van der Waals surface area contributed by atoms with Gasteiger partial charge in [-0.2, -0.15) is 0 Å². The number of aliphatic hydroxyl groups is 4. The van der Waals surface area contributed by atoms with Gasteiger partial charge in [0.1, 0.15) is 48.8 Å². The molecule has 0 amide bonds. The van der Waals surface area contributed by atoms with E-state index in [1.54, 1.807) is 34.3 Å². The fraction of sp³-hybridized carbons (Fsp3) is 0.928. The number of aliphatic hydroxyl groups excluding tert-OH is 3. The monoisotopic (exact) mass is 1350 g/mol. The molecule has 26 nitrogen and oxygen atoms in total. The molecule has 26 heteroatoms. The SMILES string of the molecule is COC1=C[C@@H](C)OC(O[C@H]2CC[C@@]3(C)C(=CC[C@@H]4[C@@H]3CC[C@@]3(C)[C@H]4CC[C@]3(O)[C@H](C)O[C@H]3C[C@H]4OCO[C@@]5(C[C@@H](OC)[C@H](O[C@H]6C[C@@H](O)[C@H](O[C@H]7C[C@H](OC)[C@H](O[C@H]8C[C@H](OC)[C@H](O[C@@H]9O[C@H](C)[C@H](O)[C@H](OC)[C@H]9O)[C@@H](C)O8)[C@@H](C)O7)[C@@H](C)O6)[C@@H](C)O5)O[C@@H]4[C@@H](C)O3)C2)C1=O. The van der Waals surface area contributed by atoms with Crippen molar-refractivity contribution in [3.05, 3.63) is 23.5 Å². The van der Waals surface area contributed by atoms with Gasteiger partial charge in [0, 0.05) is 59.5 Å². The highest BCUT2D eigenvalue weighted by Gasteiger charge is 2.66. The third-order valence-corrected chi connectivity index (χ3v) is 24.2. The third-order valence-electron chi connectivity index (χ3n) is 24.2. The molecule has 0 aromatic carbocycles. The maximum Gasteiger partial charge on any atom is 0.288 e. The van der Waals surface area contributed by atoms with Crippen molar-refractivity contribution in [3.63, 3.8) is 0 Å². The third kappa shape index (κ3) is 14.1. The number of fused-ring (bicyclic) bond motifs is 6. The van der Waals surface area contributed by atoms with Gasteiger partial charge in [0.05, 0.1) is 105 Å². The van der Waals surface area contributed by atoms with Crippen molar-refractivity contribution in [2.45, 2.75) is 336 Å². The number of rotatable bonds is 18. The van der Waals surface area contributed by atoms with E-state index in [2.05, 4.69) is 19.9 Å². The normalized spacial score (nSPS) is 52.3. The summed E-state index contributed by atoms with van der Waals surface area (Å²) in [4.78, 5) is 13.1. The van der Waals surface area contributed by atoms with Gasteiger partial charge in [-0.05, 0) is 136 Å². The molecule has 4 aliphatic carbocycles. The van der Waals surface area contributed by atoms with Gasteiger partial charge in [-0.15, -0.1) is 0 Å². The maximum absolute atomic E-state index is 13.1. The Morgan fingerprint density at radius 2 is 1.22 bits per heavy atom. The molecule has 7 saturated heterocycles. The van der Waals surface area contributed by atoms with Crippen molar-refractivity contribution >= 4 is 5.78 Å². The van der Waals surface area contributed by atoms with Gasteiger partial charge >= 0.3 is 0 Å². The summed E-state index contributed by atoms with van der Waals surface area (Å²) in [5.74, 6) is -0.332. The second-order valence-electron chi connectivity index (χ2n) is 29.7. The number of ketones is 1. The second kappa shape index (κ2) is 29.4. The number of carbonyl (C=O) groups excluding carboxylic acids is 1. The Morgan fingerprint density at radius 3 is 1.87 bits per heavy atom. The van der Waals surface area contributed by atoms with E-state index in [0.717, 1.165) is 44.9 Å². The molecule has 35 atom stereocenters. The van der Waals surface area contributed by atoms with Crippen molar-refractivity contribution in [2.75, 3.05) is 42.3 Å². The van der Waals surface area contributed by atoms with Crippen LogP contribution < -0.4 is 0 Å². The van der Waals surface area contributed by atoms with Crippen LogP contribution in [0.3, 0.4) is 0 Å². The lowest BCUT2D eigenvalue weighted by atomic mass is 9.46. The topological polar surface area (TPSA) is 292 Å². The summed E-state index contributed by atoms with van der Waals surface area (Å²) >= 11 is 0. The zero-order chi connectivity index (χ0) is 67.8. The first-order valence-electron chi connectivity index (χ1n) is 35.1. The predicted molar refractivity (Wildman–Crippen MR) is 331 cm³/mol. The predicted octanol–water partition coefficient (Wildman–Crippen LogP) is 5.50. The number of hydrogen-bond donors (Lipinski definition) is 4. The van der Waals surface area contributed by atoms with Gasteiger partial charge in [-0.1, -0.05) is 25.5 Å². The molecule has 10 fully saturated rings. The molecule has 12 aliphatic rings. The van der Waals surface area contributed by atoms with Crippen LogP contribution in [0.4, 0.5) is 0 Å². The van der Waals surface area contributed by atoms with Gasteiger partial charge in [-0.25, -0.2) is 0 Å². The summed E-state index contributed by atoms with van der Waals surface area (Å²) in [5.41, 5.74) is -0.0232. The van der Waals surface area contributed by atoms with E-state index in [4.69, 9.17) is 99.5 Å². The molecule has 542 valence electrons. The molecule has 4 N–H and O–H groups in total. The molecule has 0 radical (unpaired) electrons. The lowest BCUT2D eigenvalue weighted by Gasteiger charge is -2.59. The Bertz CT molecular complexity index is 2640. The van der Waals surface area contributed by atoms with Crippen LogP contribution in [0.2, 0.25) is 0 Å². The first-order chi connectivity index (χ1) is 45.3. The largest absolute Gasteiger partial charge is 0.493 e. The fourth-order valence-electron chi connectivity index (χ4n) is 18.9. The fourth-order valence-corrected chi connectivity index (χ4v) is 18.9. The average Bonchev–Trinajstić information content (AvgIpc) is 1.62. The molecule has 0 bridgehead atoms. The van der Waals surface area contributed by atoms with E-state index in [9.17, 15) is 25.2 Å². The second-order valence-corrected chi connectivity index (χ2v) is 29.7. The lowest BCUT2D eigenvalue weighted by Crippen LogP contribution is -2.62. The van der Waals surface area contributed by atoms with Crippen LogP contribution in [-0.2, 0) is 104 Å². The van der Waals surface area contributed by atoms with Gasteiger partial charge in [0.15, 0.2) is 44.0 Å². The van der Waals surface area contributed by atoms with Gasteiger partial charge < -0.3 is 120 Å².